The topological polar surface area (TPSA) is 38.8 Å². The first-order valence-electron chi connectivity index (χ1n) is 7.37. The second-order valence-electron chi connectivity index (χ2n) is 5.74. The molecule has 2 heterocycles. The van der Waals surface area contributed by atoms with Crippen LogP contribution in [0.3, 0.4) is 0 Å². The number of amides is 1. The molecular weight excluding hydrogens is 254 g/mol. The Morgan fingerprint density at radius 3 is 2.50 bits per heavy atom. The number of para-hydroxylation sites is 2. The predicted molar refractivity (Wildman–Crippen MR) is 76.0 cm³/mol. The normalized spacial score (nSPS) is 29.1. The summed E-state index contributed by atoms with van der Waals surface area (Å²) in [6, 6.07) is 8.07. The minimum absolute atomic E-state index is 0.0548. The molecule has 20 heavy (non-hydrogen) atoms. The average molecular weight is 275 g/mol. The summed E-state index contributed by atoms with van der Waals surface area (Å²) < 4.78 is 11.5. The van der Waals surface area contributed by atoms with Gasteiger partial charge in [-0.3, -0.25) is 4.79 Å². The van der Waals surface area contributed by atoms with Gasteiger partial charge in [-0.15, -0.1) is 0 Å². The van der Waals surface area contributed by atoms with Crippen molar-refractivity contribution >= 4 is 5.91 Å². The highest BCUT2D eigenvalue weighted by Gasteiger charge is 2.36. The number of fused-ring (bicyclic) bond motifs is 1. The Bertz CT molecular complexity index is 492. The van der Waals surface area contributed by atoms with Gasteiger partial charge in [-0.1, -0.05) is 12.1 Å². The summed E-state index contributed by atoms with van der Waals surface area (Å²) in [6.45, 7) is 4.53. The molecule has 0 bridgehead atoms. The summed E-state index contributed by atoms with van der Waals surface area (Å²) in [6.07, 6.45) is 2.81. The van der Waals surface area contributed by atoms with Crippen LogP contribution >= 0.6 is 0 Å². The van der Waals surface area contributed by atoms with Crippen LogP contribution in [0, 0.1) is 0 Å². The molecule has 3 rings (SSSR count). The van der Waals surface area contributed by atoms with E-state index in [2.05, 4.69) is 13.8 Å². The van der Waals surface area contributed by atoms with Crippen LogP contribution in [0.25, 0.3) is 0 Å². The average Bonchev–Trinajstić information content (AvgIpc) is 2.46. The first kappa shape index (κ1) is 13.3. The second-order valence-corrected chi connectivity index (χ2v) is 5.74. The fourth-order valence-electron chi connectivity index (χ4n) is 3.16. The van der Waals surface area contributed by atoms with Crippen molar-refractivity contribution in [1.29, 1.82) is 0 Å². The van der Waals surface area contributed by atoms with Crippen LogP contribution in [-0.2, 0) is 4.79 Å². The van der Waals surface area contributed by atoms with Crippen molar-refractivity contribution in [3.8, 4) is 11.5 Å². The summed E-state index contributed by atoms with van der Waals surface area (Å²) in [5, 5.41) is 0. The molecule has 0 aromatic heterocycles. The number of hydrogen-bond acceptors (Lipinski definition) is 3. The third-order valence-corrected chi connectivity index (χ3v) is 4.23. The number of carbonyl (C=O) groups is 1. The third kappa shape index (κ3) is 2.35. The zero-order valence-electron chi connectivity index (χ0n) is 12.0. The van der Waals surface area contributed by atoms with Crippen LogP contribution in [0.2, 0.25) is 0 Å². The molecule has 0 aliphatic carbocycles. The number of nitrogens with zero attached hydrogens (tertiary/aromatic N) is 1. The molecule has 2 aliphatic rings. The molecule has 0 radical (unpaired) electrons. The minimum atomic E-state index is -0.520. The van der Waals surface area contributed by atoms with Gasteiger partial charge >= 0.3 is 0 Å². The van der Waals surface area contributed by atoms with Gasteiger partial charge in [0.15, 0.2) is 11.5 Å². The van der Waals surface area contributed by atoms with Crippen LogP contribution in [0.5, 0.6) is 11.5 Å². The molecule has 1 aromatic carbocycles. The van der Waals surface area contributed by atoms with Crippen LogP contribution in [0.4, 0.5) is 0 Å². The lowest BCUT2D eigenvalue weighted by Crippen LogP contribution is -2.54. The molecule has 1 aromatic rings. The molecule has 3 unspecified atom stereocenters. The van der Waals surface area contributed by atoms with Gasteiger partial charge in [0.1, 0.15) is 6.61 Å². The highest BCUT2D eigenvalue weighted by molar-refractivity contribution is 5.82. The maximum Gasteiger partial charge on any atom is 0.267 e. The van der Waals surface area contributed by atoms with Crippen LogP contribution in [0.15, 0.2) is 24.3 Å². The van der Waals surface area contributed by atoms with Crippen molar-refractivity contribution in [3.63, 3.8) is 0 Å². The maximum atomic E-state index is 12.7. The van der Waals surface area contributed by atoms with Gasteiger partial charge in [-0.2, -0.15) is 0 Å². The Balaban J connectivity index is 1.75. The monoisotopic (exact) mass is 275 g/mol. The van der Waals surface area contributed by atoms with Gasteiger partial charge in [0, 0.05) is 12.1 Å². The lowest BCUT2D eigenvalue weighted by Gasteiger charge is -2.41. The number of hydrogen-bond donors (Lipinski definition) is 0. The largest absolute Gasteiger partial charge is 0.485 e. The van der Waals surface area contributed by atoms with Crippen molar-refractivity contribution < 1.29 is 14.3 Å². The van der Waals surface area contributed by atoms with E-state index in [1.165, 1.54) is 6.42 Å². The Hall–Kier alpha value is -1.71. The summed E-state index contributed by atoms with van der Waals surface area (Å²) >= 11 is 0. The number of likely N-dealkylation sites (tertiary alicyclic amines) is 1. The Labute approximate surface area is 119 Å². The van der Waals surface area contributed by atoms with E-state index in [0.717, 1.165) is 18.6 Å². The van der Waals surface area contributed by atoms with Crippen molar-refractivity contribution in [2.45, 2.75) is 51.3 Å². The molecule has 0 spiro atoms. The van der Waals surface area contributed by atoms with Gasteiger partial charge < -0.3 is 14.4 Å². The molecule has 3 atom stereocenters. The van der Waals surface area contributed by atoms with Gasteiger partial charge in [-0.05, 0) is 45.2 Å². The van der Waals surface area contributed by atoms with Crippen LogP contribution in [-0.4, -0.2) is 35.6 Å². The van der Waals surface area contributed by atoms with Crippen molar-refractivity contribution in [3.05, 3.63) is 24.3 Å². The molecule has 0 saturated carbocycles. The number of ether oxygens (including phenoxy) is 2. The highest BCUT2D eigenvalue weighted by atomic mass is 16.6. The summed E-state index contributed by atoms with van der Waals surface area (Å²) in [4.78, 5) is 14.7. The van der Waals surface area contributed by atoms with Gasteiger partial charge in [0.05, 0.1) is 0 Å². The summed E-state index contributed by atoms with van der Waals surface area (Å²) in [5.41, 5.74) is 0. The smallest absolute Gasteiger partial charge is 0.267 e. The lowest BCUT2D eigenvalue weighted by atomic mass is 9.97. The minimum Gasteiger partial charge on any atom is -0.485 e. The standard InChI is InChI=1S/C16H21NO3/c1-11-6-5-7-12(2)17(11)16(18)15-10-19-13-8-3-4-9-14(13)20-15/h3-4,8-9,11-12,15H,5-7,10H2,1-2H3. The quantitative estimate of drug-likeness (QED) is 0.791. The van der Waals surface area contributed by atoms with Gasteiger partial charge in [0.25, 0.3) is 5.91 Å². The molecule has 0 N–H and O–H groups in total. The summed E-state index contributed by atoms with van der Waals surface area (Å²) in [7, 11) is 0. The molecular formula is C16H21NO3. The number of benzene rings is 1. The number of rotatable bonds is 1. The third-order valence-electron chi connectivity index (χ3n) is 4.23. The summed E-state index contributed by atoms with van der Waals surface area (Å²) in [5.74, 6) is 1.44. The first-order chi connectivity index (χ1) is 9.66. The fraction of sp³-hybridized carbons (Fsp3) is 0.562. The van der Waals surface area contributed by atoms with Gasteiger partial charge in [-0.25, -0.2) is 0 Å². The molecule has 1 saturated heterocycles. The van der Waals surface area contributed by atoms with Crippen LogP contribution < -0.4 is 9.47 Å². The van der Waals surface area contributed by atoms with Gasteiger partial charge in [0.2, 0.25) is 6.10 Å². The predicted octanol–water partition coefficient (Wildman–Crippen LogP) is 2.62. The lowest BCUT2D eigenvalue weighted by molar-refractivity contribution is -0.147. The van der Waals surface area contributed by atoms with Crippen molar-refractivity contribution in [2.75, 3.05) is 6.61 Å². The molecule has 1 fully saturated rings. The number of carbonyl (C=O) groups excluding carboxylic acids is 1. The fourth-order valence-corrected chi connectivity index (χ4v) is 3.16. The number of piperidine rings is 1. The van der Waals surface area contributed by atoms with E-state index in [-0.39, 0.29) is 18.0 Å². The first-order valence-corrected chi connectivity index (χ1v) is 7.37. The molecule has 2 aliphatic heterocycles. The Kier molecular flexibility index (Phi) is 3.55. The second kappa shape index (κ2) is 5.35. The van der Waals surface area contributed by atoms with E-state index < -0.39 is 6.10 Å². The molecule has 4 nitrogen and oxygen atoms in total. The maximum absolute atomic E-state index is 12.7. The zero-order chi connectivity index (χ0) is 14.1. The van der Waals surface area contributed by atoms with E-state index in [4.69, 9.17) is 9.47 Å². The Morgan fingerprint density at radius 2 is 1.80 bits per heavy atom. The molecule has 108 valence electrons. The zero-order valence-corrected chi connectivity index (χ0v) is 12.0. The van der Waals surface area contributed by atoms with E-state index in [1.807, 2.05) is 29.2 Å². The SMILES string of the molecule is CC1CCCC(C)N1C(=O)C1COc2ccccc2O1. The van der Waals surface area contributed by atoms with Crippen molar-refractivity contribution in [2.24, 2.45) is 0 Å². The van der Waals surface area contributed by atoms with Crippen LogP contribution in [0.1, 0.15) is 33.1 Å². The molecule has 4 heteroatoms. The van der Waals surface area contributed by atoms with E-state index in [9.17, 15) is 4.79 Å². The van der Waals surface area contributed by atoms with E-state index in [0.29, 0.717) is 12.4 Å². The van der Waals surface area contributed by atoms with E-state index >= 15 is 0 Å². The highest BCUT2D eigenvalue weighted by Crippen LogP contribution is 2.32. The Morgan fingerprint density at radius 1 is 1.15 bits per heavy atom. The van der Waals surface area contributed by atoms with Crippen molar-refractivity contribution in [1.82, 2.24) is 4.90 Å². The van der Waals surface area contributed by atoms with E-state index in [1.54, 1.807) is 0 Å². The molecule has 1 amide bonds.